The fourth-order valence-electron chi connectivity index (χ4n) is 3.11. The van der Waals surface area contributed by atoms with Crippen LogP contribution in [-0.2, 0) is 18.9 Å². The van der Waals surface area contributed by atoms with E-state index in [2.05, 4.69) is 5.32 Å². The number of nitrogens with one attached hydrogen (secondary N) is 1. The topological polar surface area (TPSA) is 170 Å². The highest BCUT2D eigenvalue weighted by molar-refractivity contribution is 7.80. The van der Waals surface area contributed by atoms with E-state index in [1.165, 1.54) is 7.05 Å². The van der Waals surface area contributed by atoms with Gasteiger partial charge in [0.05, 0.1) is 19.3 Å². The fourth-order valence-corrected chi connectivity index (χ4v) is 3.22. The minimum absolute atomic E-state index is 0.0916. The van der Waals surface area contributed by atoms with E-state index in [9.17, 15) is 30.6 Å². The van der Waals surface area contributed by atoms with E-state index in [1.54, 1.807) is 6.92 Å². The molecule has 12 heteroatoms. The molecule has 2 rings (SSSR count). The predicted molar refractivity (Wildman–Crippen MR) is 92.6 cm³/mol. The summed E-state index contributed by atoms with van der Waals surface area (Å²) < 4.78 is 21.7. The molecule has 0 aromatic rings. The summed E-state index contributed by atoms with van der Waals surface area (Å²) in [5.74, 6) is 0. The van der Waals surface area contributed by atoms with Gasteiger partial charge in [-0.15, -0.1) is 0 Å². The highest BCUT2D eigenvalue weighted by Crippen LogP contribution is 2.30. The molecule has 7 N–H and O–H groups in total. The molecule has 1 unspecified atom stereocenters. The molecule has 2 heterocycles. The lowest BCUT2D eigenvalue weighted by atomic mass is 9.95. The first-order valence-electron chi connectivity index (χ1n) is 8.53. The summed E-state index contributed by atoms with van der Waals surface area (Å²) in [5.41, 5.74) is 0. The number of aliphatic hydroxyl groups excluding tert-OH is 6. The molecule has 11 nitrogen and oxygen atoms in total. The van der Waals surface area contributed by atoms with Crippen molar-refractivity contribution in [2.24, 2.45) is 0 Å². The van der Waals surface area contributed by atoms with Crippen molar-refractivity contribution in [3.05, 3.63) is 0 Å². The van der Waals surface area contributed by atoms with Crippen LogP contribution in [0.25, 0.3) is 0 Å². The number of rotatable bonds is 5. The van der Waals surface area contributed by atoms with Crippen LogP contribution in [0.2, 0.25) is 0 Å². The fraction of sp³-hybridized carbons (Fsp3) is 0.933. The maximum atomic E-state index is 10.5. The second-order valence-electron chi connectivity index (χ2n) is 6.47. The van der Waals surface area contributed by atoms with E-state index in [1.807, 2.05) is 0 Å². The van der Waals surface area contributed by atoms with Crippen molar-refractivity contribution in [3.63, 3.8) is 0 Å². The Morgan fingerprint density at radius 2 is 1.52 bits per heavy atom. The van der Waals surface area contributed by atoms with Crippen molar-refractivity contribution in [2.45, 2.75) is 68.1 Å². The molecule has 0 spiro atoms. The van der Waals surface area contributed by atoms with Gasteiger partial charge in [0.2, 0.25) is 0 Å². The average molecular weight is 413 g/mol. The molecule has 10 atom stereocenters. The summed E-state index contributed by atoms with van der Waals surface area (Å²) in [6.07, 6.45) is -12.5. The molecule has 2 aliphatic heterocycles. The van der Waals surface area contributed by atoms with Gasteiger partial charge in [0.1, 0.15) is 42.7 Å². The second-order valence-corrected chi connectivity index (χ2v) is 6.84. The SMILES string of the molecule is CNC(=S)O[C@H]1[C@H](O)[C@@H](O[C@@H]2C(C)O[C@@H](CO)[C@@H](O)[C@@H]2O)O[C@H](CO)[C@H]1O. The first-order chi connectivity index (χ1) is 12.7. The quantitative estimate of drug-likeness (QED) is 0.220. The Balaban J connectivity index is 2.14. The number of ether oxygens (including phenoxy) is 4. The highest BCUT2D eigenvalue weighted by atomic mass is 32.1. The van der Waals surface area contributed by atoms with E-state index in [0.717, 1.165) is 0 Å². The number of hydrogen-bond acceptors (Lipinski definition) is 11. The van der Waals surface area contributed by atoms with Gasteiger partial charge >= 0.3 is 0 Å². The molecule has 0 amide bonds. The highest BCUT2D eigenvalue weighted by Gasteiger charge is 2.50. The van der Waals surface area contributed by atoms with Crippen LogP contribution in [0.15, 0.2) is 0 Å². The first-order valence-corrected chi connectivity index (χ1v) is 8.94. The summed E-state index contributed by atoms with van der Waals surface area (Å²) in [7, 11) is 1.49. The average Bonchev–Trinajstić information content (AvgIpc) is 2.66. The van der Waals surface area contributed by atoms with Crippen LogP contribution in [0.5, 0.6) is 0 Å². The Kier molecular flexibility index (Phi) is 8.12. The molecule has 2 fully saturated rings. The van der Waals surface area contributed by atoms with Crippen molar-refractivity contribution in [3.8, 4) is 0 Å². The van der Waals surface area contributed by atoms with Crippen molar-refractivity contribution in [1.29, 1.82) is 0 Å². The Hall–Kier alpha value is -0.670. The Labute approximate surface area is 161 Å². The molecule has 2 aliphatic rings. The molecule has 27 heavy (non-hydrogen) atoms. The summed E-state index contributed by atoms with van der Waals surface area (Å²) >= 11 is 4.88. The van der Waals surface area contributed by atoms with E-state index in [4.69, 9.17) is 31.2 Å². The second kappa shape index (κ2) is 9.69. The largest absolute Gasteiger partial charge is 0.462 e. The third-order valence-electron chi connectivity index (χ3n) is 4.66. The zero-order valence-corrected chi connectivity index (χ0v) is 15.7. The van der Waals surface area contributed by atoms with Gasteiger partial charge in [-0.05, 0) is 19.1 Å². The number of aliphatic hydroxyl groups is 6. The van der Waals surface area contributed by atoms with Crippen molar-refractivity contribution in [2.75, 3.05) is 20.3 Å². The van der Waals surface area contributed by atoms with Crippen molar-refractivity contribution >= 4 is 17.4 Å². The third kappa shape index (κ3) is 4.85. The van der Waals surface area contributed by atoms with Crippen molar-refractivity contribution in [1.82, 2.24) is 5.32 Å². The van der Waals surface area contributed by atoms with Crippen molar-refractivity contribution < 1.29 is 49.6 Å². The van der Waals surface area contributed by atoms with E-state index < -0.39 is 74.4 Å². The predicted octanol–water partition coefficient (Wildman–Crippen LogP) is -3.80. The third-order valence-corrected chi connectivity index (χ3v) is 4.96. The first kappa shape index (κ1) is 22.6. The Morgan fingerprint density at radius 1 is 0.926 bits per heavy atom. The van der Waals surface area contributed by atoms with Crippen LogP contribution in [-0.4, -0.2) is 117 Å². The van der Waals surface area contributed by atoms with Gasteiger partial charge in [-0.25, -0.2) is 0 Å². The Morgan fingerprint density at radius 3 is 2.07 bits per heavy atom. The van der Waals surface area contributed by atoms with Gasteiger partial charge < -0.3 is 54.9 Å². The zero-order valence-electron chi connectivity index (χ0n) is 14.9. The maximum Gasteiger partial charge on any atom is 0.256 e. The lowest BCUT2D eigenvalue weighted by Crippen LogP contribution is -2.64. The number of thiocarbonyl (C=S) groups is 1. The van der Waals surface area contributed by atoms with Gasteiger partial charge in [-0.3, -0.25) is 0 Å². The lowest BCUT2D eigenvalue weighted by Gasteiger charge is -2.46. The summed E-state index contributed by atoms with van der Waals surface area (Å²) in [4.78, 5) is 0. The minimum atomic E-state index is -1.53. The van der Waals surface area contributed by atoms with Crippen LogP contribution in [0.3, 0.4) is 0 Å². The molecule has 0 bridgehead atoms. The molecule has 0 aromatic heterocycles. The molecule has 0 radical (unpaired) electrons. The van der Waals surface area contributed by atoms with Gasteiger partial charge in [-0.2, -0.15) is 0 Å². The summed E-state index contributed by atoms with van der Waals surface area (Å²) in [6, 6.07) is 0. The van der Waals surface area contributed by atoms with Crippen LogP contribution in [0.4, 0.5) is 0 Å². The van der Waals surface area contributed by atoms with E-state index in [0.29, 0.717) is 0 Å². The van der Waals surface area contributed by atoms with Gasteiger partial charge in [-0.1, -0.05) is 0 Å². The van der Waals surface area contributed by atoms with Crippen LogP contribution in [0, 0.1) is 0 Å². The smallest absolute Gasteiger partial charge is 0.256 e. The monoisotopic (exact) mass is 413 g/mol. The van der Waals surface area contributed by atoms with Gasteiger partial charge in [0.25, 0.3) is 5.17 Å². The normalized spacial score (nSPS) is 45.3. The molecule has 2 saturated heterocycles. The molecule has 0 aliphatic carbocycles. The van der Waals surface area contributed by atoms with Gasteiger partial charge in [0.15, 0.2) is 12.4 Å². The maximum absolute atomic E-state index is 10.5. The zero-order chi connectivity index (χ0) is 20.3. The molecule has 158 valence electrons. The summed E-state index contributed by atoms with van der Waals surface area (Å²) in [6.45, 7) is 0.475. The van der Waals surface area contributed by atoms with Gasteiger partial charge in [0, 0.05) is 7.05 Å². The minimum Gasteiger partial charge on any atom is -0.462 e. The van der Waals surface area contributed by atoms with Crippen LogP contribution in [0.1, 0.15) is 6.92 Å². The Bertz CT molecular complexity index is 499. The summed E-state index contributed by atoms with van der Waals surface area (Å²) in [5, 5.41) is 62.1. The molecular formula is C15H27NO10S. The molecular weight excluding hydrogens is 386 g/mol. The van der Waals surface area contributed by atoms with E-state index >= 15 is 0 Å². The molecule has 0 aromatic carbocycles. The van der Waals surface area contributed by atoms with Crippen LogP contribution < -0.4 is 5.32 Å². The lowest BCUT2D eigenvalue weighted by molar-refractivity contribution is -0.338. The standard InChI is InChI=1S/C15H27NO10S/c1-5-12(10(21)8(19)6(3-17)23-5)25-14-11(22)13(26-15(27)16-2)9(20)7(4-18)24-14/h5-14,17-22H,3-4H2,1-2H3,(H,16,27)/t5?,6-,7+,8+,9+,10-,11-,12+,13+,14+/m0/s1. The number of hydrogen-bond donors (Lipinski definition) is 7. The van der Waals surface area contributed by atoms with E-state index in [-0.39, 0.29) is 5.17 Å². The van der Waals surface area contributed by atoms with Crippen LogP contribution >= 0.6 is 12.2 Å². The molecule has 0 saturated carbocycles.